The quantitative estimate of drug-likeness (QED) is 0.867. The molecule has 5 heteroatoms. The van der Waals surface area contributed by atoms with Gasteiger partial charge >= 0.3 is 5.97 Å². The van der Waals surface area contributed by atoms with Crippen LogP contribution in [-0.2, 0) is 11.2 Å². The van der Waals surface area contributed by atoms with E-state index >= 15 is 0 Å². The van der Waals surface area contributed by atoms with Crippen LogP contribution in [0.3, 0.4) is 0 Å². The van der Waals surface area contributed by atoms with Crippen LogP contribution in [0.4, 0.5) is 0 Å². The summed E-state index contributed by atoms with van der Waals surface area (Å²) in [7, 11) is 0. The van der Waals surface area contributed by atoms with E-state index in [1.165, 1.54) is 17.3 Å². The molecule has 2 nitrogen and oxygen atoms in total. The molecule has 0 spiro atoms. The van der Waals surface area contributed by atoms with Crippen molar-refractivity contribution in [3.05, 3.63) is 46.5 Å². The Morgan fingerprint density at radius 2 is 2.06 bits per heavy atom. The Morgan fingerprint density at radius 1 is 1.41 bits per heavy atom. The molecule has 1 N–H and O–H groups in total. The molecule has 0 aliphatic rings. The van der Waals surface area contributed by atoms with Gasteiger partial charge in [0.1, 0.15) is 5.25 Å². The first-order valence-electron chi connectivity index (χ1n) is 4.96. The molecule has 0 aliphatic carbocycles. The highest BCUT2D eigenvalue weighted by Crippen LogP contribution is 2.21. The summed E-state index contributed by atoms with van der Waals surface area (Å²) in [6.07, 6.45) is 0.479. The van der Waals surface area contributed by atoms with Crippen LogP contribution in [-0.4, -0.2) is 22.1 Å². The van der Waals surface area contributed by atoms with E-state index in [2.05, 4.69) is 0 Å². The fourth-order valence-corrected chi connectivity index (χ4v) is 2.51. The largest absolute Gasteiger partial charge is 0.480 e. The normalized spacial score (nSPS) is 13.4. The van der Waals surface area contributed by atoms with Crippen LogP contribution in [0.2, 0.25) is 0 Å². The van der Waals surface area contributed by atoms with Gasteiger partial charge in [-0.2, -0.15) is 0 Å². The Bertz CT molecular complexity index is 393. The van der Waals surface area contributed by atoms with Crippen LogP contribution in [0.5, 0.6) is 0 Å². The fourth-order valence-electron chi connectivity index (χ4n) is 1.26. The summed E-state index contributed by atoms with van der Waals surface area (Å²) in [6.45, 7) is 0. The average Bonchev–Trinajstić information content (AvgIpc) is 2.34. The van der Waals surface area contributed by atoms with Crippen LogP contribution >= 0.6 is 35.0 Å². The topological polar surface area (TPSA) is 37.3 Å². The van der Waals surface area contributed by atoms with Crippen molar-refractivity contribution in [1.29, 1.82) is 0 Å². The lowest BCUT2D eigenvalue weighted by Crippen LogP contribution is -2.19. The molecule has 0 saturated heterocycles. The Labute approximate surface area is 115 Å². The Hall–Kier alpha value is -0.640. The number of carboxylic acid groups (broad SMARTS) is 1. The van der Waals surface area contributed by atoms with Crippen LogP contribution in [0.1, 0.15) is 5.56 Å². The standard InChI is InChI=1S/C12H12Cl2O2S/c13-7-10(14)8-17-11(12(15)16)6-9-4-2-1-3-5-9/h1-5,7,11H,6,8H2,(H,15,16). The Kier molecular flexibility index (Phi) is 6.48. The highest BCUT2D eigenvalue weighted by Gasteiger charge is 2.18. The first-order valence-corrected chi connectivity index (χ1v) is 6.83. The monoisotopic (exact) mass is 290 g/mol. The second kappa shape index (κ2) is 7.64. The lowest BCUT2D eigenvalue weighted by Gasteiger charge is -2.11. The maximum atomic E-state index is 11.1. The maximum Gasteiger partial charge on any atom is 0.316 e. The van der Waals surface area contributed by atoms with Gasteiger partial charge in [-0.3, -0.25) is 4.79 Å². The molecule has 0 aromatic heterocycles. The fraction of sp³-hybridized carbons (Fsp3) is 0.250. The number of halogens is 2. The molecular weight excluding hydrogens is 279 g/mol. The third-order valence-electron chi connectivity index (χ3n) is 2.08. The molecule has 0 amide bonds. The van der Waals surface area contributed by atoms with Crippen molar-refractivity contribution in [2.45, 2.75) is 11.7 Å². The summed E-state index contributed by atoms with van der Waals surface area (Å²) in [5, 5.41) is 9.05. The molecule has 1 unspecified atom stereocenters. The Morgan fingerprint density at radius 3 is 2.59 bits per heavy atom. The maximum absolute atomic E-state index is 11.1. The molecule has 92 valence electrons. The number of benzene rings is 1. The number of carboxylic acids is 1. The molecule has 1 atom stereocenters. The minimum absolute atomic E-state index is 0.412. The third kappa shape index (κ3) is 5.48. The Balaban J connectivity index is 2.58. The van der Waals surface area contributed by atoms with E-state index in [0.29, 0.717) is 17.2 Å². The zero-order valence-electron chi connectivity index (χ0n) is 8.98. The SMILES string of the molecule is O=C(O)C(Cc1ccccc1)SCC(Cl)=CCl. The van der Waals surface area contributed by atoms with E-state index in [4.69, 9.17) is 28.3 Å². The first kappa shape index (κ1) is 14.4. The smallest absolute Gasteiger partial charge is 0.316 e. The minimum atomic E-state index is -0.835. The molecule has 0 heterocycles. The van der Waals surface area contributed by atoms with Gasteiger partial charge in [-0.05, 0) is 12.0 Å². The molecule has 0 bridgehead atoms. The van der Waals surface area contributed by atoms with E-state index in [-0.39, 0.29) is 0 Å². The molecule has 0 aliphatic heterocycles. The molecule has 1 aromatic rings. The van der Waals surface area contributed by atoms with E-state index in [9.17, 15) is 4.79 Å². The highest BCUT2D eigenvalue weighted by atomic mass is 35.5. The van der Waals surface area contributed by atoms with Gasteiger partial charge in [0.15, 0.2) is 0 Å². The molecule has 0 radical (unpaired) electrons. The van der Waals surface area contributed by atoms with Crippen LogP contribution in [0.25, 0.3) is 0 Å². The summed E-state index contributed by atoms with van der Waals surface area (Å²) in [6, 6.07) is 9.51. The van der Waals surface area contributed by atoms with E-state index in [1.54, 1.807) is 0 Å². The van der Waals surface area contributed by atoms with Gasteiger partial charge in [0.2, 0.25) is 0 Å². The van der Waals surface area contributed by atoms with Crippen LogP contribution < -0.4 is 0 Å². The zero-order valence-corrected chi connectivity index (χ0v) is 11.3. The second-order valence-corrected chi connectivity index (χ2v) is 5.28. The van der Waals surface area contributed by atoms with Crippen molar-refractivity contribution in [2.24, 2.45) is 0 Å². The summed E-state index contributed by atoms with van der Waals surface area (Å²) in [4.78, 5) is 11.1. The predicted octanol–water partition coefficient (Wildman–Crippen LogP) is 3.73. The first-order chi connectivity index (χ1) is 8.13. The van der Waals surface area contributed by atoms with Gasteiger partial charge in [-0.25, -0.2) is 0 Å². The van der Waals surface area contributed by atoms with Crippen molar-refractivity contribution < 1.29 is 9.90 Å². The molecule has 0 saturated carbocycles. The molecular formula is C12H12Cl2O2S. The van der Waals surface area contributed by atoms with E-state index < -0.39 is 11.2 Å². The number of hydrogen-bond donors (Lipinski definition) is 1. The molecule has 1 rings (SSSR count). The van der Waals surface area contributed by atoms with Gasteiger partial charge in [0, 0.05) is 16.3 Å². The molecule has 1 aromatic carbocycles. The van der Waals surface area contributed by atoms with Crippen molar-refractivity contribution in [3.63, 3.8) is 0 Å². The zero-order chi connectivity index (χ0) is 12.7. The summed E-state index contributed by atoms with van der Waals surface area (Å²) in [5.74, 6) is -0.424. The van der Waals surface area contributed by atoms with Gasteiger partial charge < -0.3 is 5.11 Å². The number of aliphatic carboxylic acids is 1. The number of rotatable bonds is 6. The van der Waals surface area contributed by atoms with Gasteiger partial charge in [-0.15, -0.1) is 11.8 Å². The van der Waals surface area contributed by atoms with Crippen molar-refractivity contribution in [1.82, 2.24) is 0 Å². The van der Waals surface area contributed by atoms with Gasteiger partial charge in [0.05, 0.1) is 0 Å². The van der Waals surface area contributed by atoms with Crippen molar-refractivity contribution in [2.75, 3.05) is 5.75 Å². The van der Waals surface area contributed by atoms with Crippen LogP contribution in [0.15, 0.2) is 40.9 Å². The van der Waals surface area contributed by atoms with Gasteiger partial charge in [-0.1, -0.05) is 53.5 Å². The van der Waals surface area contributed by atoms with E-state index in [1.807, 2.05) is 30.3 Å². The number of thioether (sulfide) groups is 1. The summed E-state index contributed by atoms with van der Waals surface area (Å²) >= 11 is 12.4. The summed E-state index contributed by atoms with van der Waals surface area (Å²) in [5.41, 5.74) is 2.26. The third-order valence-corrected chi connectivity index (χ3v) is 4.10. The average molecular weight is 291 g/mol. The molecule has 17 heavy (non-hydrogen) atoms. The second-order valence-electron chi connectivity index (χ2n) is 3.38. The predicted molar refractivity (Wildman–Crippen MR) is 73.8 cm³/mol. The lowest BCUT2D eigenvalue weighted by atomic mass is 10.1. The number of carbonyl (C=O) groups is 1. The number of hydrogen-bond acceptors (Lipinski definition) is 2. The van der Waals surface area contributed by atoms with Crippen molar-refractivity contribution >= 4 is 40.9 Å². The van der Waals surface area contributed by atoms with Crippen molar-refractivity contribution in [3.8, 4) is 0 Å². The van der Waals surface area contributed by atoms with Crippen LogP contribution in [0, 0.1) is 0 Å². The molecule has 0 fully saturated rings. The lowest BCUT2D eigenvalue weighted by molar-refractivity contribution is -0.136. The van der Waals surface area contributed by atoms with Gasteiger partial charge in [0.25, 0.3) is 0 Å². The summed E-state index contributed by atoms with van der Waals surface area (Å²) < 4.78 is 0. The minimum Gasteiger partial charge on any atom is -0.480 e. The van der Waals surface area contributed by atoms with E-state index in [0.717, 1.165) is 5.56 Å². The highest BCUT2D eigenvalue weighted by molar-refractivity contribution is 8.00.